The normalized spacial score (nSPS) is 11.6. The van der Waals surface area contributed by atoms with Crippen molar-refractivity contribution in [2.75, 3.05) is 0 Å². The van der Waals surface area contributed by atoms with Crippen molar-refractivity contribution < 1.29 is 4.42 Å². The minimum Gasteiger partial charge on any atom is -0.456 e. The van der Waals surface area contributed by atoms with Gasteiger partial charge in [0, 0.05) is 27.2 Å². The van der Waals surface area contributed by atoms with Crippen LogP contribution in [0, 0.1) is 0 Å². The van der Waals surface area contributed by atoms with Gasteiger partial charge < -0.3 is 8.98 Å². The minimum atomic E-state index is 0.890. The molecule has 0 saturated carbocycles. The third-order valence-electron chi connectivity index (χ3n) is 10.6. The molecule has 2 heterocycles. The predicted octanol–water partition coefficient (Wildman–Crippen LogP) is 13.9. The van der Waals surface area contributed by atoms with Gasteiger partial charge in [0.25, 0.3) is 0 Å². The zero-order valence-electron chi connectivity index (χ0n) is 28.9. The SMILES string of the molecule is CCc1ccc(-c2ccc3c(c2)c2ccccc2n3-c2ccc3oc4ccc(-c5cccc(-c6cccc(-c7ccccc7)c6)c5)cc4c3c2)cc1. The second kappa shape index (κ2) is 12.3. The Morgan fingerprint density at radius 1 is 0.365 bits per heavy atom. The van der Waals surface area contributed by atoms with Gasteiger partial charge in [0.2, 0.25) is 0 Å². The number of hydrogen-bond acceptors (Lipinski definition) is 1. The average Bonchev–Trinajstić information content (AvgIpc) is 3.76. The van der Waals surface area contributed by atoms with Crippen LogP contribution in [0.1, 0.15) is 12.5 Å². The molecule has 2 aromatic heterocycles. The number of hydrogen-bond donors (Lipinski definition) is 0. The van der Waals surface area contributed by atoms with Gasteiger partial charge in [0.15, 0.2) is 0 Å². The lowest BCUT2D eigenvalue weighted by atomic mass is 9.96. The largest absolute Gasteiger partial charge is 0.456 e. The third-order valence-corrected chi connectivity index (χ3v) is 10.6. The predicted molar refractivity (Wildman–Crippen MR) is 219 cm³/mol. The van der Waals surface area contributed by atoms with Crippen LogP contribution in [0.2, 0.25) is 0 Å². The standard InChI is InChI=1S/C50H35NO/c1-2-33-18-20-35(21-19-33)40-22-25-48-44(30-40)43-16-6-7-17-47(43)51(48)42-24-27-50-46(32-42)45-31-41(23-26-49(45)52-50)39-15-9-14-38(29-39)37-13-8-12-36(28-37)34-10-4-3-5-11-34/h3-32H,2H2,1H3. The highest BCUT2D eigenvalue weighted by Gasteiger charge is 2.16. The van der Waals surface area contributed by atoms with Crippen LogP contribution in [-0.2, 0) is 6.42 Å². The van der Waals surface area contributed by atoms with Crippen molar-refractivity contribution in [2.45, 2.75) is 13.3 Å². The van der Waals surface area contributed by atoms with Crippen LogP contribution in [0.5, 0.6) is 0 Å². The highest BCUT2D eigenvalue weighted by atomic mass is 16.3. The summed E-state index contributed by atoms with van der Waals surface area (Å²) in [5, 5.41) is 4.73. The van der Waals surface area contributed by atoms with Crippen molar-refractivity contribution in [3.63, 3.8) is 0 Å². The number of aryl methyl sites for hydroxylation is 1. The van der Waals surface area contributed by atoms with Gasteiger partial charge in [-0.25, -0.2) is 0 Å². The van der Waals surface area contributed by atoms with E-state index in [4.69, 9.17) is 4.42 Å². The average molecular weight is 666 g/mol. The van der Waals surface area contributed by atoms with Gasteiger partial charge in [-0.3, -0.25) is 0 Å². The van der Waals surface area contributed by atoms with Crippen LogP contribution in [0.4, 0.5) is 0 Å². The van der Waals surface area contributed by atoms with Gasteiger partial charge >= 0.3 is 0 Å². The van der Waals surface area contributed by atoms with Crippen LogP contribution >= 0.6 is 0 Å². The molecular formula is C50H35NO. The summed E-state index contributed by atoms with van der Waals surface area (Å²) in [7, 11) is 0. The summed E-state index contributed by atoms with van der Waals surface area (Å²) in [6, 6.07) is 65.9. The molecule has 0 amide bonds. The minimum absolute atomic E-state index is 0.890. The zero-order chi connectivity index (χ0) is 34.6. The van der Waals surface area contributed by atoms with Gasteiger partial charge in [-0.15, -0.1) is 0 Å². The van der Waals surface area contributed by atoms with Crippen molar-refractivity contribution in [1.82, 2.24) is 4.57 Å². The zero-order valence-corrected chi connectivity index (χ0v) is 28.9. The van der Waals surface area contributed by atoms with E-state index in [1.807, 2.05) is 0 Å². The maximum Gasteiger partial charge on any atom is 0.135 e. The van der Waals surface area contributed by atoms with Crippen molar-refractivity contribution in [3.05, 3.63) is 188 Å². The first kappa shape index (κ1) is 30.2. The lowest BCUT2D eigenvalue weighted by Gasteiger charge is -2.09. The molecule has 8 aromatic carbocycles. The molecule has 10 aromatic rings. The molecule has 0 fully saturated rings. The van der Waals surface area contributed by atoms with Gasteiger partial charge in [-0.05, 0) is 117 Å². The van der Waals surface area contributed by atoms with E-state index in [0.717, 1.165) is 39.6 Å². The number of furan rings is 1. The fourth-order valence-corrected chi connectivity index (χ4v) is 7.83. The van der Waals surface area contributed by atoms with Gasteiger partial charge in [-0.1, -0.05) is 128 Å². The topological polar surface area (TPSA) is 18.1 Å². The van der Waals surface area contributed by atoms with E-state index >= 15 is 0 Å². The third kappa shape index (κ3) is 5.11. The monoisotopic (exact) mass is 665 g/mol. The van der Waals surface area contributed by atoms with Crippen LogP contribution < -0.4 is 0 Å². The molecule has 0 aliphatic rings. The van der Waals surface area contributed by atoms with E-state index in [0.29, 0.717) is 0 Å². The molecule has 0 radical (unpaired) electrons. The Balaban J connectivity index is 1.06. The summed E-state index contributed by atoms with van der Waals surface area (Å²) in [6.07, 6.45) is 1.04. The Morgan fingerprint density at radius 2 is 0.865 bits per heavy atom. The lowest BCUT2D eigenvalue weighted by Crippen LogP contribution is -1.93. The number of benzene rings is 8. The number of para-hydroxylation sites is 1. The Hall–Kier alpha value is -6.64. The fourth-order valence-electron chi connectivity index (χ4n) is 7.83. The van der Waals surface area contributed by atoms with E-state index in [1.165, 1.54) is 66.3 Å². The Kier molecular flexibility index (Phi) is 7.14. The summed E-state index contributed by atoms with van der Waals surface area (Å²) < 4.78 is 8.80. The van der Waals surface area contributed by atoms with Gasteiger partial charge in [0.1, 0.15) is 11.2 Å². The Labute approximate surface area is 302 Å². The van der Waals surface area contributed by atoms with E-state index in [2.05, 4.69) is 193 Å². The van der Waals surface area contributed by atoms with Crippen molar-refractivity contribution >= 4 is 43.7 Å². The number of rotatable bonds is 6. The number of aromatic nitrogens is 1. The summed E-state index contributed by atoms with van der Waals surface area (Å²) in [5.41, 5.74) is 16.3. The van der Waals surface area contributed by atoms with Crippen LogP contribution in [0.25, 0.3) is 93.9 Å². The summed E-state index contributed by atoms with van der Waals surface area (Å²) in [6.45, 7) is 2.20. The van der Waals surface area contributed by atoms with E-state index < -0.39 is 0 Å². The van der Waals surface area contributed by atoms with E-state index in [1.54, 1.807) is 0 Å². The maximum atomic E-state index is 6.41. The molecule has 0 saturated heterocycles. The molecule has 2 nitrogen and oxygen atoms in total. The second-order valence-electron chi connectivity index (χ2n) is 13.7. The van der Waals surface area contributed by atoms with Gasteiger partial charge in [0.05, 0.1) is 11.0 Å². The van der Waals surface area contributed by atoms with Crippen molar-refractivity contribution in [1.29, 1.82) is 0 Å². The maximum absolute atomic E-state index is 6.41. The van der Waals surface area contributed by atoms with Crippen LogP contribution in [-0.4, -0.2) is 4.57 Å². The summed E-state index contributed by atoms with van der Waals surface area (Å²) in [4.78, 5) is 0. The molecule has 0 unspecified atom stereocenters. The molecule has 0 N–H and O–H groups in total. The summed E-state index contributed by atoms with van der Waals surface area (Å²) in [5.74, 6) is 0. The highest BCUT2D eigenvalue weighted by Crippen LogP contribution is 2.39. The van der Waals surface area contributed by atoms with Crippen LogP contribution in [0.3, 0.4) is 0 Å². The molecule has 0 atom stereocenters. The molecular weight excluding hydrogens is 631 g/mol. The quantitative estimate of drug-likeness (QED) is 0.173. The van der Waals surface area contributed by atoms with Crippen LogP contribution in [0.15, 0.2) is 186 Å². The van der Waals surface area contributed by atoms with Crippen molar-refractivity contribution in [2.24, 2.45) is 0 Å². The molecule has 10 rings (SSSR count). The molecule has 52 heavy (non-hydrogen) atoms. The number of nitrogens with zero attached hydrogens (tertiary/aromatic N) is 1. The summed E-state index contributed by atoms with van der Waals surface area (Å²) >= 11 is 0. The smallest absolute Gasteiger partial charge is 0.135 e. The molecule has 246 valence electrons. The molecule has 0 spiro atoms. The molecule has 2 heteroatoms. The Morgan fingerprint density at radius 3 is 1.60 bits per heavy atom. The Bertz CT molecular complexity index is 2930. The van der Waals surface area contributed by atoms with Gasteiger partial charge in [-0.2, -0.15) is 0 Å². The fraction of sp³-hybridized carbons (Fsp3) is 0.0400. The van der Waals surface area contributed by atoms with E-state index in [-0.39, 0.29) is 0 Å². The molecule has 0 bridgehead atoms. The number of fused-ring (bicyclic) bond motifs is 6. The van der Waals surface area contributed by atoms with Crippen molar-refractivity contribution in [3.8, 4) is 50.2 Å². The molecule has 0 aliphatic heterocycles. The highest BCUT2D eigenvalue weighted by molar-refractivity contribution is 6.12. The lowest BCUT2D eigenvalue weighted by molar-refractivity contribution is 0.669. The first-order valence-corrected chi connectivity index (χ1v) is 18.1. The second-order valence-corrected chi connectivity index (χ2v) is 13.7. The van der Waals surface area contributed by atoms with E-state index in [9.17, 15) is 0 Å². The first-order valence-electron chi connectivity index (χ1n) is 18.1. The molecule has 0 aliphatic carbocycles. The first-order chi connectivity index (χ1) is 25.7.